The summed E-state index contributed by atoms with van der Waals surface area (Å²) in [6.45, 7) is 2.67. The topological polar surface area (TPSA) is 80.5 Å². The van der Waals surface area contributed by atoms with E-state index in [1.807, 2.05) is 18.5 Å². The predicted molar refractivity (Wildman–Crippen MR) is 79.7 cm³/mol. The van der Waals surface area contributed by atoms with Crippen molar-refractivity contribution in [2.75, 3.05) is 6.54 Å². The van der Waals surface area contributed by atoms with E-state index in [1.54, 1.807) is 0 Å². The van der Waals surface area contributed by atoms with Crippen molar-refractivity contribution in [3.8, 4) is 0 Å². The smallest absolute Gasteiger partial charge is 0.195 e. The Morgan fingerprint density at radius 1 is 1.25 bits per heavy atom. The van der Waals surface area contributed by atoms with Gasteiger partial charge in [-0.2, -0.15) is 0 Å². The molecule has 0 saturated heterocycles. The molecule has 20 heavy (non-hydrogen) atoms. The van der Waals surface area contributed by atoms with Crippen molar-refractivity contribution in [2.45, 2.75) is 23.7 Å². The molecule has 0 atom stereocenters. The molecular formula is C14H15N5S. The molecule has 6 heteroatoms. The van der Waals surface area contributed by atoms with Gasteiger partial charge in [-0.15, -0.1) is 0 Å². The number of fused-ring (bicyclic) bond motifs is 1. The van der Waals surface area contributed by atoms with Crippen molar-refractivity contribution >= 4 is 22.8 Å². The fourth-order valence-corrected chi connectivity index (χ4v) is 2.61. The molecule has 0 radical (unpaired) electrons. The van der Waals surface area contributed by atoms with Gasteiger partial charge in [-0.3, -0.25) is 0 Å². The van der Waals surface area contributed by atoms with Crippen molar-refractivity contribution in [1.82, 2.24) is 19.9 Å². The van der Waals surface area contributed by atoms with Crippen LogP contribution in [0.2, 0.25) is 0 Å². The van der Waals surface area contributed by atoms with E-state index >= 15 is 0 Å². The lowest BCUT2D eigenvalue weighted by atomic mass is 10.2. The van der Waals surface area contributed by atoms with E-state index < -0.39 is 0 Å². The highest BCUT2D eigenvalue weighted by Crippen LogP contribution is 2.24. The van der Waals surface area contributed by atoms with Crippen LogP contribution in [0.5, 0.6) is 0 Å². The maximum Gasteiger partial charge on any atom is 0.195 e. The second-order valence-corrected chi connectivity index (χ2v) is 5.53. The summed E-state index contributed by atoms with van der Waals surface area (Å²) >= 11 is 1.43. The van der Waals surface area contributed by atoms with E-state index in [0.29, 0.717) is 11.7 Å². The highest BCUT2D eigenvalue weighted by molar-refractivity contribution is 7.99. The number of aryl methyl sites for hydroxylation is 1. The fourth-order valence-electron chi connectivity index (χ4n) is 1.93. The number of nitrogens with two attached hydrogens (primary N) is 1. The largest absolute Gasteiger partial charge is 0.333 e. The minimum Gasteiger partial charge on any atom is -0.333 e. The minimum absolute atomic E-state index is 0.610. The minimum atomic E-state index is 0.610. The first-order chi connectivity index (χ1) is 9.74. The lowest BCUT2D eigenvalue weighted by Gasteiger charge is -1.99. The van der Waals surface area contributed by atoms with Gasteiger partial charge in [-0.05, 0) is 54.9 Å². The molecule has 0 unspecified atom stereocenters. The van der Waals surface area contributed by atoms with Gasteiger partial charge < -0.3 is 10.7 Å². The third kappa shape index (κ3) is 2.81. The third-order valence-electron chi connectivity index (χ3n) is 2.92. The van der Waals surface area contributed by atoms with E-state index in [9.17, 15) is 0 Å². The lowest BCUT2D eigenvalue weighted by molar-refractivity contribution is 0.887. The van der Waals surface area contributed by atoms with Crippen LogP contribution in [0.4, 0.5) is 0 Å². The van der Waals surface area contributed by atoms with E-state index in [4.69, 9.17) is 5.73 Å². The monoisotopic (exact) mass is 285 g/mol. The van der Waals surface area contributed by atoms with Gasteiger partial charge in [0.1, 0.15) is 0 Å². The van der Waals surface area contributed by atoms with Crippen LogP contribution in [-0.2, 0) is 6.42 Å². The quantitative estimate of drug-likeness (QED) is 0.719. The van der Waals surface area contributed by atoms with Crippen molar-refractivity contribution in [3.05, 3.63) is 41.7 Å². The second kappa shape index (κ2) is 5.60. The van der Waals surface area contributed by atoms with Gasteiger partial charge in [0.2, 0.25) is 0 Å². The number of nitrogens with zero attached hydrogens (tertiary/aromatic N) is 3. The Morgan fingerprint density at radius 3 is 2.80 bits per heavy atom. The zero-order valence-electron chi connectivity index (χ0n) is 11.1. The molecule has 0 aliphatic rings. The van der Waals surface area contributed by atoms with Crippen molar-refractivity contribution < 1.29 is 0 Å². The Kier molecular flexibility index (Phi) is 3.66. The van der Waals surface area contributed by atoms with E-state index in [0.717, 1.165) is 28.2 Å². The molecule has 0 saturated carbocycles. The number of nitrogens with one attached hydrogen (secondary N) is 1. The van der Waals surface area contributed by atoms with Crippen molar-refractivity contribution in [1.29, 1.82) is 0 Å². The summed E-state index contributed by atoms with van der Waals surface area (Å²) in [7, 11) is 0. The molecule has 3 aromatic rings. The highest BCUT2D eigenvalue weighted by Gasteiger charge is 2.06. The molecule has 3 N–H and O–H groups in total. The Labute approximate surface area is 121 Å². The van der Waals surface area contributed by atoms with Crippen LogP contribution in [-0.4, -0.2) is 26.5 Å². The summed E-state index contributed by atoms with van der Waals surface area (Å²) in [6.07, 6.45) is 4.43. The molecule has 0 spiro atoms. The molecule has 1 aromatic carbocycles. The zero-order valence-corrected chi connectivity index (χ0v) is 11.9. The first-order valence-corrected chi connectivity index (χ1v) is 7.21. The Hall–Kier alpha value is -1.92. The molecule has 2 aromatic heterocycles. The fraction of sp³-hybridized carbons (Fsp3) is 0.214. The van der Waals surface area contributed by atoms with Gasteiger partial charge in [0.05, 0.1) is 11.0 Å². The van der Waals surface area contributed by atoms with Crippen LogP contribution in [0.3, 0.4) is 0 Å². The normalized spacial score (nSPS) is 11.1. The van der Waals surface area contributed by atoms with Crippen LogP contribution in [0, 0.1) is 6.92 Å². The van der Waals surface area contributed by atoms with Gasteiger partial charge in [0, 0.05) is 12.4 Å². The molecule has 102 valence electrons. The summed E-state index contributed by atoms with van der Waals surface area (Å²) in [5, 5.41) is 1.48. The number of aromatic amines is 1. The molecule has 3 rings (SSSR count). The van der Waals surface area contributed by atoms with E-state index in [2.05, 4.69) is 39.0 Å². The van der Waals surface area contributed by atoms with Crippen LogP contribution < -0.4 is 5.73 Å². The van der Waals surface area contributed by atoms with Crippen LogP contribution in [0.1, 0.15) is 11.1 Å². The summed E-state index contributed by atoms with van der Waals surface area (Å²) in [4.78, 5) is 16.4. The Morgan fingerprint density at radius 2 is 2.05 bits per heavy atom. The van der Waals surface area contributed by atoms with E-state index in [1.165, 1.54) is 17.3 Å². The lowest BCUT2D eigenvalue weighted by Crippen LogP contribution is -2.03. The number of hydrogen-bond acceptors (Lipinski definition) is 5. The number of hydrogen-bond donors (Lipinski definition) is 2. The van der Waals surface area contributed by atoms with Crippen molar-refractivity contribution in [3.63, 3.8) is 0 Å². The predicted octanol–water partition coefficient (Wildman–Crippen LogP) is 2.31. The number of benzene rings is 1. The molecule has 0 fully saturated rings. The molecule has 2 heterocycles. The summed E-state index contributed by atoms with van der Waals surface area (Å²) in [6, 6.07) is 6.14. The van der Waals surface area contributed by atoms with Gasteiger partial charge in [0.15, 0.2) is 10.3 Å². The van der Waals surface area contributed by atoms with Crippen LogP contribution in [0.25, 0.3) is 11.0 Å². The van der Waals surface area contributed by atoms with Crippen molar-refractivity contribution in [2.24, 2.45) is 5.73 Å². The number of aromatic nitrogens is 4. The molecule has 0 aliphatic carbocycles. The maximum absolute atomic E-state index is 5.50. The summed E-state index contributed by atoms with van der Waals surface area (Å²) in [5.74, 6) is 0. The van der Waals surface area contributed by atoms with Gasteiger partial charge in [-0.1, -0.05) is 6.07 Å². The van der Waals surface area contributed by atoms with Gasteiger partial charge >= 0.3 is 0 Å². The standard InChI is InChI=1S/C14H15N5S/c1-9-2-3-11-12(6-9)19-14(18-11)20-13-16-7-10(4-5-15)8-17-13/h2-3,6-8H,4-5,15H2,1H3,(H,18,19). The van der Waals surface area contributed by atoms with Crippen LogP contribution >= 0.6 is 11.8 Å². The third-order valence-corrected chi connectivity index (χ3v) is 3.70. The molecule has 0 amide bonds. The Balaban J connectivity index is 1.81. The first-order valence-electron chi connectivity index (χ1n) is 6.40. The molecular weight excluding hydrogens is 270 g/mol. The SMILES string of the molecule is Cc1ccc2nc(Sc3ncc(CCN)cn3)[nH]c2c1. The molecule has 5 nitrogen and oxygen atoms in total. The zero-order chi connectivity index (χ0) is 13.9. The number of H-pyrrole nitrogens is 1. The average molecular weight is 285 g/mol. The van der Waals surface area contributed by atoms with Gasteiger partial charge in [0.25, 0.3) is 0 Å². The number of rotatable bonds is 4. The van der Waals surface area contributed by atoms with E-state index in [-0.39, 0.29) is 0 Å². The number of imidazole rings is 1. The molecule has 0 aliphatic heterocycles. The summed E-state index contributed by atoms with van der Waals surface area (Å²) < 4.78 is 0. The molecule has 0 bridgehead atoms. The second-order valence-electron chi connectivity index (χ2n) is 4.58. The Bertz CT molecular complexity index is 720. The highest BCUT2D eigenvalue weighted by atomic mass is 32.2. The average Bonchev–Trinajstić information content (AvgIpc) is 2.82. The van der Waals surface area contributed by atoms with Gasteiger partial charge in [-0.25, -0.2) is 15.0 Å². The first kappa shape index (κ1) is 13.1. The maximum atomic E-state index is 5.50. The van der Waals surface area contributed by atoms with Crippen LogP contribution in [0.15, 0.2) is 40.9 Å². The summed E-state index contributed by atoms with van der Waals surface area (Å²) in [5.41, 5.74) is 9.75.